The summed E-state index contributed by atoms with van der Waals surface area (Å²) in [4.78, 5) is 0. The Morgan fingerprint density at radius 3 is 1.62 bits per heavy atom. The van der Waals surface area contributed by atoms with E-state index in [4.69, 9.17) is 0 Å². The van der Waals surface area contributed by atoms with Crippen LogP contribution in [0, 0.1) is 0 Å². The van der Waals surface area contributed by atoms with Gasteiger partial charge in [-0.3, -0.25) is 0 Å². The van der Waals surface area contributed by atoms with Gasteiger partial charge in [-0.05, 0) is 6.26 Å². The second-order valence-electron chi connectivity index (χ2n) is 1.15. The van der Waals surface area contributed by atoms with Gasteiger partial charge in [-0.15, -0.1) is 0 Å². The van der Waals surface area contributed by atoms with Crippen molar-refractivity contribution >= 4 is 19.5 Å². The summed E-state index contributed by atoms with van der Waals surface area (Å²) in [6.07, 6.45) is 1.69. The molecule has 42 valence electrons. The first-order valence-corrected chi connectivity index (χ1v) is 3.34. The van der Waals surface area contributed by atoms with Crippen LogP contribution in [0.2, 0.25) is 0 Å². The van der Waals surface area contributed by atoms with E-state index in [0.29, 0.717) is 0 Å². The van der Waals surface area contributed by atoms with Crippen LogP contribution < -0.4 is 0 Å². The van der Waals surface area contributed by atoms with Gasteiger partial charge in [-0.2, -0.15) is 12.6 Å². The van der Waals surface area contributed by atoms with Crippen molar-refractivity contribution in [2.24, 2.45) is 0 Å². The predicted octanol–water partition coefficient (Wildman–Crippen LogP) is 1.57. The molecule has 1 heterocycles. The van der Waals surface area contributed by atoms with Crippen molar-refractivity contribution in [3.8, 4) is 0 Å². The van der Waals surface area contributed by atoms with E-state index in [1.807, 2.05) is 37.0 Å². The first-order chi connectivity index (χ1) is 4.00. The first kappa shape index (κ1) is 7.76. The van der Waals surface area contributed by atoms with E-state index in [1.54, 1.807) is 6.26 Å². The third-order valence-electron chi connectivity index (χ3n) is 0.667. The molecule has 0 fully saturated rings. The minimum absolute atomic E-state index is 1.69. The zero-order chi connectivity index (χ0) is 6.24. The quantitative estimate of drug-likeness (QED) is 0.498. The van der Waals surface area contributed by atoms with Crippen LogP contribution >= 0.6 is 12.6 Å². The molecule has 0 N–H and O–H groups in total. The van der Waals surface area contributed by atoms with Crippen molar-refractivity contribution in [1.29, 1.82) is 0 Å². The number of hydrogen-bond donors (Lipinski definition) is 1. The maximum atomic E-state index is 3.53. The third kappa shape index (κ3) is 3.94. The van der Waals surface area contributed by atoms with Crippen molar-refractivity contribution in [3.63, 3.8) is 0 Å². The Hall–Kier alpha value is -0.235. The van der Waals surface area contributed by atoms with Gasteiger partial charge in [0, 0.05) is 0 Å². The molecule has 0 atom stereocenters. The molecule has 0 nitrogen and oxygen atoms in total. The zero-order valence-corrected chi connectivity index (χ0v) is 5.81. The molecule has 0 amide bonds. The monoisotopic (exact) mass is 124 g/mol. The summed E-state index contributed by atoms with van der Waals surface area (Å²) in [6, 6.07) is 6.00. The molecule has 0 aliphatic carbocycles. The average molecular weight is 124 g/mol. The van der Waals surface area contributed by atoms with Gasteiger partial charge >= 0.3 is 37.0 Å². The van der Waals surface area contributed by atoms with Gasteiger partial charge in [0.15, 0.2) is 0 Å². The Balaban J connectivity index is 0.000000222. The Morgan fingerprint density at radius 2 is 1.50 bits per heavy atom. The number of thiol groups is 1. The standard InChI is InChI=1S/C5H5B.CH4S/c1-2-4-6-5-3-1;1-2/h1-5H;2H,1H3. The minimum atomic E-state index is 1.69. The fourth-order valence-corrected chi connectivity index (χ4v) is 0.385. The van der Waals surface area contributed by atoms with E-state index in [0.717, 1.165) is 0 Å². The maximum absolute atomic E-state index is 3.53. The fraction of sp³-hybridized carbons (Fsp3) is 0.167. The Bertz CT molecular complexity index is 80.5. The zero-order valence-electron chi connectivity index (χ0n) is 4.91. The molecule has 0 bridgehead atoms. The fourth-order valence-electron chi connectivity index (χ4n) is 0.385. The SMILES string of the molecule is CS.b1ccccc1. The summed E-state index contributed by atoms with van der Waals surface area (Å²) in [5, 5.41) is 0. The molecule has 2 heteroatoms. The molecule has 0 aliphatic rings. The van der Waals surface area contributed by atoms with Crippen LogP contribution in [0.5, 0.6) is 0 Å². The molecular weight excluding hydrogens is 115 g/mol. The summed E-state index contributed by atoms with van der Waals surface area (Å²) in [7, 11) is 0. The summed E-state index contributed by atoms with van der Waals surface area (Å²) >= 11 is 3.53. The second-order valence-corrected chi connectivity index (χ2v) is 1.15. The number of hydrogen-bond acceptors (Lipinski definition) is 1. The molecule has 0 radical (unpaired) electrons. The summed E-state index contributed by atoms with van der Waals surface area (Å²) in [5.74, 6) is 4.00. The third-order valence-corrected chi connectivity index (χ3v) is 0.667. The van der Waals surface area contributed by atoms with Crippen LogP contribution in [0.4, 0.5) is 0 Å². The van der Waals surface area contributed by atoms with E-state index in [2.05, 4.69) is 12.6 Å². The van der Waals surface area contributed by atoms with Crippen molar-refractivity contribution < 1.29 is 0 Å². The normalized spacial score (nSPS) is 6.25. The molecule has 1 rings (SSSR count). The molecule has 0 saturated carbocycles. The molecule has 0 spiro atoms. The van der Waals surface area contributed by atoms with Gasteiger partial charge in [0.1, 0.15) is 0 Å². The average Bonchev–Trinajstić information content (AvgIpc) is 1.96. The molecular formula is C6H9BS. The Kier molecular flexibility index (Phi) is 6.57. The molecule has 0 aromatic carbocycles. The summed E-state index contributed by atoms with van der Waals surface area (Å²) in [6.45, 7) is 2.00. The van der Waals surface area contributed by atoms with Crippen LogP contribution in [-0.4, -0.2) is 13.2 Å². The molecule has 0 aliphatic heterocycles. The summed E-state index contributed by atoms with van der Waals surface area (Å²) in [5.41, 5.74) is 0. The summed E-state index contributed by atoms with van der Waals surface area (Å²) < 4.78 is 0. The molecule has 1 aromatic rings. The van der Waals surface area contributed by atoms with Crippen LogP contribution in [0.15, 0.2) is 30.1 Å². The molecule has 8 heavy (non-hydrogen) atoms. The van der Waals surface area contributed by atoms with Gasteiger partial charge in [-0.1, -0.05) is 0 Å². The van der Waals surface area contributed by atoms with Crippen molar-refractivity contribution in [2.75, 3.05) is 6.26 Å². The molecule has 1 aromatic heterocycles. The van der Waals surface area contributed by atoms with Gasteiger partial charge in [0.25, 0.3) is 0 Å². The predicted molar refractivity (Wildman–Crippen MR) is 42.7 cm³/mol. The van der Waals surface area contributed by atoms with Crippen molar-refractivity contribution in [3.05, 3.63) is 30.1 Å². The van der Waals surface area contributed by atoms with E-state index in [1.165, 1.54) is 0 Å². The van der Waals surface area contributed by atoms with Crippen LogP contribution in [0.25, 0.3) is 0 Å². The Labute approximate surface area is 56.6 Å². The van der Waals surface area contributed by atoms with Crippen LogP contribution in [-0.2, 0) is 0 Å². The molecule has 0 saturated heterocycles. The first-order valence-electron chi connectivity index (χ1n) is 2.45. The van der Waals surface area contributed by atoms with Gasteiger partial charge in [-0.25, -0.2) is 0 Å². The number of rotatable bonds is 0. The van der Waals surface area contributed by atoms with Crippen LogP contribution in [0.1, 0.15) is 0 Å². The van der Waals surface area contributed by atoms with E-state index >= 15 is 0 Å². The second kappa shape index (κ2) is 6.76. The van der Waals surface area contributed by atoms with E-state index in [9.17, 15) is 0 Å². The Morgan fingerprint density at radius 1 is 1.00 bits per heavy atom. The van der Waals surface area contributed by atoms with E-state index in [-0.39, 0.29) is 0 Å². The van der Waals surface area contributed by atoms with Gasteiger partial charge < -0.3 is 0 Å². The van der Waals surface area contributed by atoms with Crippen molar-refractivity contribution in [1.82, 2.24) is 0 Å². The van der Waals surface area contributed by atoms with Gasteiger partial charge in [0.2, 0.25) is 0 Å². The van der Waals surface area contributed by atoms with Gasteiger partial charge in [0.05, 0.1) is 0 Å². The van der Waals surface area contributed by atoms with Crippen LogP contribution in [0.3, 0.4) is 0 Å². The van der Waals surface area contributed by atoms with Crippen molar-refractivity contribution in [2.45, 2.75) is 0 Å². The van der Waals surface area contributed by atoms with E-state index < -0.39 is 0 Å². The molecule has 0 unspecified atom stereocenters. The topological polar surface area (TPSA) is 0 Å².